The molecule has 4 rings (SSSR count). The van der Waals surface area contributed by atoms with E-state index in [1.165, 1.54) is 12.1 Å². The fraction of sp³-hybridized carbons (Fsp3) is 0.478. The number of hydrogen-bond acceptors (Lipinski definition) is 7. The Morgan fingerprint density at radius 2 is 1.94 bits per heavy atom. The Labute approximate surface area is 181 Å². The van der Waals surface area contributed by atoms with Gasteiger partial charge in [0.2, 0.25) is 11.7 Å². The highest BCUT2D eigenvalue weighted by molar-refractivity contribution is 5.53. The number of piperidine rings is 1. The lowest BCUT2D eigenvalue weighted by Crippen LogP contribution is -2.36. The van der Waals surface area contributed by atoms with Crippen molar-refractivity contribution in [3.63, 3.8) is 0 Å². The number of rotatable bonds is 5. The Hall–Kier alpha value is -2.87. The standard InChI is InChI=1S/C23H28FN5O2/c1-23(2,3)22-25-18(14-30-4)12-19(26-22)29-11-5-6-16(13-29)21-27-20(28-31-21)15-7-9-17(24)10-8-15/h7-10,12,16H,5-6,11,13-14H2,1-4H3. The number of nitrogens with zero attached hydrogens (tertiary/aromatic N) is 5. The molecule has 0 aliphatic carbocycles. The second kappa shape index (κ2) is 8.70. The zero-order valence-corrected chi connectivity index (χ0v) is 18.4. The monoisotopic (exact) mass is 425 g/mol. The van der Waals surface area contributed by atoms with Crippen molar-refractivity contribution in [1.82, 2.24) is 20.1 Å². The maximum Gasteiger partial charge on any atom is 0.231 e. The van der Waals surface area contributed by atoms with Crippen LogP contribution in [0.1, 0.15) is 56.9 Å². The van der Waals surface area contributed by atoms with Gasteiger partial charge in [-0.05, 0) is 37.1 Å². The Kier molecular flexibility index (Phi) is 6.00. The zero-order valence-electron chi connectivity index (χ0n) is 18.4. The molecule has 2 aromatic heterocycles. The van der Waals surface area contributed by atoms with Crippen LogP contribution in [0.25, 0.3) is 11.4 Å². The lowest BCUT2D eigenvalue weighted by molar-refractivity contribution is 0.181. The minimum atomic E-state index is -0.289. The molecule has 3 heterocycles. The highest BCUT2D eigenvalue weighted by Crippen LogP contribution is 2.31. The second-order valence-corrected chi connectivity index (χ2v) is 8.97. The zero-order chi connectivity index (χ0) is 22.0. The first kappa shape index (κ1) is 21.4. The number of halogens is 1. The first-order chi connectivity index (χ1) is 14.8. The summed E-state index contributed by atoms with van der Waals surface area (Å²) in [5.74, 6) is 2.60. The summed E-state index contributed by atoms with van der Waals surface area (Å²) in [6.45, 7) is 8.41. The van der Waals surface area contributed by atoms with Crippen LogP contribution in [0.3, 0.4) is 0 Å². The third-order valence-electron chi connectivity index (χ3n) is 5.37. The molecule has 7 nitrogen and oxygen atoms in total. The SMILES string of the molecule is COCc1cc(N2CCCC(c3nc(-c4ccc(F)cc4)no3)C2)nc(C(C)(C)C)n1. The van der Waals surface area contributed by atoms with E-state index in [9.17, 15) is 4.39 Å². The Bertz CT molecular complexity index is 1030. The van der Waals surface area contributed by atoms with Crippen molar-refractivity contribution >= 4 is 5.82 Å². The van der Waals surface area contributed by atoms with Gasteiger partial charge in [-0.15, -0.1) is 0 Å². The van der Waals surface area contributed by atoms with Gasteiger partial charge in [0.05, 0.1) is 18.2 Å². The number of hydrogen-bond donors (Lipinski definition) is 0. The number of anilines is 1. The molecule has 1 fully saturated rings. The van der Waals surface area contributed by atoms with Crippen LogP contribution in [0.4, 0.5) is 10.2 Å². The Balaban J connectivity index is 1.56. The van der Waals surface area contributed by atoms with Gasteiger partial charge in [0.15, 0.2) is 0 Å². The van der Waals surface area contributed by atoms with Crippen molar-refractivity contribution in [2.45, 2.75) is 51.6 Å². The van der Waals surface area contributed by atoms with Crippen molar-refractivity contribution in [1.29, 1.82) is 0 Å². The summed E-state index contributed by atoms with van der Waals surface area (Å²) >= 11 is 0. The van der Waals surface area contributed by atoms with E-state index in [1.54, 1.807) is 19.2 Å². The van der Waals surface area contributed by atoms with Crippen LogP contribution in [-0.4, -0.2) is 40.3 Å². The maximum atomic E-state index is 13.2. The summed E-state index contributed by atoms with van der Waals surface area (Å²) in [7, 11) is 1.67. The third kappa shape index (κ3) is 4.90. The van der Waals surface area contributed by atoms with Crippen LogP contribution >= 0.6 is 0 Å². The molecule has 0 spiro atoms. The van der Waals surface area contributed by atoms with Crippen LogP contribution in [-0.2, 0) is 16.8 Å². The minimum absolute atomic E-state index is 0.106. The van der Waals surface area contributed by atoms with Crippen molar-refractivity contribution < 1.29 is 13.7 Å². The molecule has 0 saturated carbocycles. The van der Waals surface area contributed by atoms with Crippen molar-refractivity contribution in [2.24, 2.45) is 0 Å². The molecule has 1 atom stereocenters. The number of benzene rings is 1. The highest BCUT2D eigenvalue weighted by atomic mass is 19.1. The molecule has 1 aliphatic heterocycles. The summed E-state index contributed by atoms with van der Waals surface area (Å²) < 4.78 is 24.1. The number of ether oxygens (including phenoxy) is 1. The molecular weight excluding hydrogens is 397 g/mol. The fourth-order valence-corrected chi connectivity index (χ4v) is 3.71. The van der Waals surface area contributed by atoms with Crippen molar-refractivity contribution in [2.75, 3.05) is 25.1 Å². The minimum Gasteiger partial charge on any atom is -0.378 e. The third-order valence-corrected chi connectivity index (χ3v) is 5.37. The van der Waals surface area contributed by atoms with E-state index >= 15 is 0 Å². The molecule has 3 aromatic rings. The number of aromatic nitrogens is 4. The van der Waals surface area contributed by atoms with E-state index in [1.807, 2.05) is 6.07 Å². The van der Waals surface area contributed by atoms with Crippen LogP contribution in [0.2, 0.25) is 0 Å². The predicted octanol–water partition coefficient (Wildman–Crippen LogP) is 4.49. The molecule has 0 N–H and O–H groups in total. The van der Waals surface area contributed by atoms with E-state index in [-0.39, 0.29) is 17.2 Å². The van der Waals surface area contributed by atoms with Gasteiger partial charge in [-0.25, -0.2) is 14.4 Å². The second-order valence-electron chi connectivity index (χ2n) is 8.97. The molecule has 164 valence electrons. The maximum absolute atomic E-state index is 13.2. The molecule has 1 aromatic carbocycles. The molecular formula is C23H28FN5O2. The van der Waals surface area contributed by atoms with Gasteiger partial charge in [-0.1, -0.05) is 25.9 Å². The van der Waals surface area contributed by atoms with Gasteiger partial charge in [0.25, 0.3) is 0 Å². The van der Waals surface area contributed by atoms with Crippen LogP contribution in [0.15, 0.2) is 34.9 Å². The van der Waals surface area contributed by atoms with Gasteiger partial charge in [-0.2, -0.15) is 4.98 Å². The smallest absolute Gasteiger partial charge is 0.231 e. The topological polar surface area (TPSA) is 77.2 Å². The van der Waals surface area contributed by atoms with Crippen molar-refractivity contribution in [3.8, 4) is 11.4 Å². The van der Waals surface area contributed by atoms with Gasteiger partial charge in [-0.3, -0.25) is 0 Å². The first-order valence-corrected chi connectivity index (χ1v) is 10.6. The molecule has 1 unspecified atom stereocenters. The van der Waals surface area contributed by atoms with Gasteiger partial charge < -0.3 is 14.2 Å². The summed E-state index contributed by atoms with van der Waals surface area (Å²) in [5.41, 5.74) is 1.44. The summed E-state index contributed by atoms with van der Waals surface area (Å²) in [6.07, 6.45) is 1.96. The van der Waals surface area contributed by atoms with E-state index in [0.29, 0.717) is 18.3 Å². The van der Waals surface area contributed by atoms with Crippen LogP contribution in [0.5, 0.6) is 0 Å². The summed E-state index contributed by atoms with van der Waals surface area (Å²) in [6, 6.07) is 8.10. The lowest BCUT2D eigenvalue weighted by atomic mass is 9.95. The molecule has 0 bridgehead atoms. The van der Waals surface area contributed by atoms with E-state index in [4.69, 9.17) is 14.2 Å². The van der Waals surface area contributed by atoms with E-state index in [0.717, 1.165) is 48.8 Å². The number of methoxy groups -OCH3 is 1. The van der Waals surface area contributed by atoms with Gasteiger partial charge in [0.1, 0.15) is 17.5 Å². The van der Waals surface area contributed by atoms with Crippen molar-refractivity contribution in [3.05, 3.63) is 53.6 Å². The highest BCUT2D eigenvalue weighted by Gasteiger charge is 2.28. The Morgan fingerprint density at radius 3 is 2.65 bits per heavy atom. The first-order valence-electron chi connectivity index (χ1n) is 10.6. The van der Waals surface area contributed by atoms with E-state index in [2.05, 4.69) is 40.8 Å². The fourth-order valence-electron chi connectivity index (χ4n) is 3.71. The van der Waals surface area contributed by atoms with E-state index < -0.39 is 0 Å². The Morgan fingerprint density at radius 1 is 1.16 bits per heavy atom. The summed E-state index contributed by atoms with van der Waals surface area (Å²) in [5, 5.41) is 4.10. The lowest BCUT2D eigenvalue weighted by Gasteiger charge is -2.33. The average Bonchev–Trinajstić information content (AvgIpc) is 3.24. The molecule has 1 aliphatic rings. The average molecular weight is 426 g/mol. The predicted molar refractivity (Wildman–Crippen MR) is 115 cm³/mol. The molecule has 0 amide bonds. The molecule has 0 radical (unpaired) electrons. The normalized spacial score (nSPS) is 17.2. The van der Waals surface area contributed by atoms with Gasteiger partial charge >= 0.3 is 0 Å². The molecule has 8 heteroatoms. The van der Waals surface area contributed by atoms with Crippen LogP contribution < -0.4 is 4.90 Å². The largest absolute Gasteiger partial charge is 0.378 e. The molecule has 1 saturated heterocycles. The van der Waals surface area contributed by atoms with Crippen LogP contribution in [0, 0.1) is 5.82 Å². The molecule has 31 heavy (non-hydrogen) atoms. The van der Waals surface area contributed by atoms with Gasteiger partial charge in [0, 0.05) is 37.2 Å². The quantitative estimate of drug-likeness (QED) is 0.596. The summed E-state index contributed by atoms with van der Waals surface area (Å²) in [4.78, 5) is 16.4.